The van der Waals surface area contributed by atoms with E-state index in [0.717, 1.165) is 16.9 Å². The molecule has 0 aliphatic rings. The average Bonchev–Trinajstić information content (AvgIpc) is 2.73. The van der Waals surface area contributed by atoms with Gasteiger partial charge in [0.2, 0.25) is 0 Å². The molecule has 0 fully saturated rings. The van der Waals surface area contributed by atoms with E-state index >= 15 is 0 Å². The van der Waals surface area contributed by atoms with Crippen LogP contribution in [0.3, 0.4) is 0 Å². The van der Waals surface area contributed by atoms with Crippen LogP contribution in [0, 0.1) is 0 Å². The van der Waals surface area contributed by atoms with Gasteiger partial charge < -0.3 is 11.5 Å². The second-order valence-electron chi connectivity index (χ2n) is 3.64. The van der Waals surface area contributed by atoms with E-state index in [1.54, 1.807) is 29.0 Å². The smallest absolute Gasteiger partial charge is 0.154 e. The molecule has 3 aromatic heterocycles. The van der Waals surface area contributed by atoms with Crippen LogP contribution in [0.4, 0.5) is 11.6 Å². The minimum absolute atomic E-state index is 0.445. The Kier molecular flexibility index (Phi) is 1.94. The molecule has 0 aliphatic heterocycles. The molecular formula is C11H10N6. The molecule has 84 valence electrons. The van der Waals surface area contributed by atoms with Crippen LogP contribution < -0.4 is 11.5 Å². The number of hydrogen-bond acceptors (Lipinski definition) is 5. The number of aromatic nitrogens is 4. The molecule has 0 amide bonds. The van der Waals surface area contributed by atoms with Crippen molar-refractivity contribution in [3.05, 3.63) is 36.7 Å². The molecule has 0 radical (unpaired) electrons. The highest BCUT2D eigenvalue weighted by molar-refractivity contribution is 5.63. The van der Waals surface area contributed by atoms with Crippen molar-refractivity contribution in [3.8, 4) is 11.3 Å². The maximum Gasteiger partial charge on any atom is 0.154 e. The van der Waals surface area contributed by atoms with Crippen molar-refractivity contribution in [1.82, 2.24) is 19.6 Å². The van der Waals surface area contributed by atoms with Gasteiger partial charge in [0.25, 0.3) is 0 Å². The molecule has 17 heavy (non-hydrogen) atoms. The van der Waals surface area contributed by atoms with Gasteiger partial charge in [0.15, 0.2) is 5.65 Å². The van der Waals surface area contributed by atoms with Gasteiger partial charge in [-0.1, -0.05) is 0 Å². The first kappa shape index (κ1) is 9.59. The highest BCUT2D eigenvalue weighted by Crippen LogP contribution is 2.20. The second-order valence-corrected chi connectivity index (χ2v) is 3.64. The third-order valence-corrected chi connectivity index (χ3v) is 2.47. The zero-order valence-electron chi connectivity index (χ0n) is 8.91. The number of imidazole rings is 1. The van der Waals surface area contributed by atoms with Gasteiger partial charge in [0.05, 0.1) is 11.9 Å². The maximum atomic E-state index is 5.66. The quantitative estimate of drug-likeness (QED) is 0.644. The summed E-state index contributed by atoms with van der Waals surface area (Å²) in [7, 11) is 0. The van der Waals surface area contributed by atoms with Crippen molar-refractivity contribution in [2.45, 2.75) is 0 Å². The van der Waals surface area contributed by atoms with E-state index < -0.39 is 0 Å². The molecule has 0 bridgehead atoms. The average molecular weight is 226 g/mol. The summed E-state index contributed by atoms with van der Waals surface area (Å²) in [6, 6.07) is 7.14. The van der Waals surface area contributed by atoms with E-state index in [1.165, 1.54) is 0 Å². The summed E-state index contributed by atoms with van der Waals surface area (Å²) < 4.78 is 1.68. The van der Waals surface area contributed by atoms with Crippen LogP contribution >= 0.6 is 0 Å². The maximum absolute atomic E-state index is 5.66. The minimum atomic E-state index is 0.445. The zero-order chi connectivity index (χ0) is 11.8. The molecule has 4 N–H and O–H groups in total. The van der Waals surface area contributed by atoms with E-state index in [9.17, 15) is 0 Å². The molecule has 0 aromatic carbocycles. The highest BCUT2D eigenvalue weighted by atomic mass is 15.3. The molecule has 6 heteroatoms. The lowest BCUT2D eigenvalue weighted by molar-refractivity contribution is 0.951. The number of nitrogens with zero attached hydrogens (tertiary/aromatic N) is 4. The fourth-order valence-electron chi connectivity index (χ4n) is 1.64. The predicted molar refractivity (Wildman–Crippen MR) is 65.0 cm³/mol. The summed E-state index contributed by atoms with van der Waals surface area (Å²) in [5.41, 5.74) is 13.7. The Bertz CT molecular complexity index is 670. The van der Waals surface area contributed by atoms with Crippen LogP contribution in [0.15, 0.2) is 36.7 Å². The number of nitrogens with two attached hydrogens (primary N) is 2. The summed E-state index contributed by atoms with van der Waals surface area (Å²) in [6.07, 6.45) is 3.42. The van der Waals surface area contributed by atoms with Crippen LogP contribution in [0.5, 0.6) is 0 Å². The fraction of sp³-hybridized carbons (Fsp3) is 0. The second kappa shape index (κ2) is 3.44. The van der Waals surface area contributed by atoms with Crippen LogP contribution in [0.1, 0.15) is 0 Å². The number of nitrogen functional groups attached to an aromatic ring is 2. The lowest BCUT2D eigenvalue weighted by Crippen LogP contribution is -1.99. The first-order valence-electron chi connectivity index (χ1n) is 5.06. The van der Waals surface area contributed by atoms with Crippen LogP contribution in [-0.4, -0.2) is 19.6 Å². The standard InChI is InChI=1S/C11H10N6/c12-9-2-1-7(5-14-9)8-6-15-11-4-3-10(13)16-17(8)11/h1-6H,(H2,12,14)(H2,13,16). The van der Waals surface area contributed by atoms with Crippen molar-refractivity contribution in [2.24, 2.45) is 0 Å². The Balaban J connectivity index is 2.23. The van der Waals surface area contributed by atoms with Crippen molar-refractivity contribution in [2.75, 3.05) is 11.5 Å². The van der Waals surface area contributed by atoms with Gasteiger partial charge in [-0.3, -0.25) is 0 Å². The van der Waals surface area contributed by atoms with Crippen molar-refractivity contribution < 1.29 is 0 Å². The molecule has 3 aromatic rings. The Morgan fingerprint density at radius 2 is 1.71 bits per heavy atom. The Hall–Kier alpha value is -2.63. The van der Waals surface area contributed by atoms with E-state index in [0.29, 0.717) is 11.6 Å². The lowest BCUT2D eigenvalue weighted by atomic mass is 10.2. The molecule has 0 aliphatic carbocycles. The number of pyridine rings is 1. The minimum Gasteiger partial charge on any atom is -0.384 e. The largest absolute Gasteiger partial charge is 0.384 e. The fourth-order valence-corrected chi connectivity index (χ4v) is 1.64. The van der Waals surface area contributed by atoms with E-state index in [1.807, 2.05) is 12.1 Å². The molecule has 0 atom stereocenters. The van der Waals surface area contributed by atoms with Gasteiger partial charge in [0, 0.05) is 11.8 Å². The van der Waals surface area contributed by atoms with Crippen LogP contribution in [0.2, 0.25) is 0 Å². The molecule has 0 saturated carbocycles. The third-order valence-electron chi connectivity index (χ3n) is 2.47. The molecule has 3 rings (SSSR count). The normalized spacial score (nSPS) is 10.8. The monoisotopic (exact) mass is 226 g/mol. The van der Waals surface area contributed by atoms with Crippen molar-refractivity contribution in [1.29, 1.82) is 0 Å². The van der Waals surface area contributed by atoms with E-state index in [4.69, 9.17) is 11.5 Å². The summed E-state index contributed by atoms with van der Waals surface area (Å²) in [6.45, 7) is 0. The SMILES string of the molecule is Nc1ccc(-c2cnc3ccc(N)nn23)cn1. The highest BCUT2D eigenvalue weighted by Gasteiger charge is 2.07. The predicted octanol–water partition coefficient (Wildman–Crippen LogP) is 0.956. The first-order valence-corrected chi connectivity index (χ1v) is 5.06. The van der Waals surface area contributed by atoms with E-state index in [2.05, 4.69) is 15.1 Å². The van der Waals surface area contributed by atoms with Crippen molar-refractivity contribution >= 4 is 17.3 Å². The van der Waals surface area contributed by atoms with Crippen molar-refractivity contribution in [3.63, 3.8) is 0 Å². The Labute approximate surface area is 96.9 Å². The van der Waals surface area contributed by atoms with Gasteiger partial charge in [-0.05, 0) is 24.3 Å². The molecule has 0 saturated heterocycles. The molecular weight excluding hydrogens is 216 g/mol. The summed E-state index contributed by atoms with van der Waals surface area (Å²) >= 11 is 0. The van der Waals surface area contributed by atoms with Gasteiger partial charge in [-0.2, -0.15) is 0 Å². The number of fused-ring (bicyclic) bond motifs is 1. The summed E-state index contributed by atoms with van der Waals surface area (Å²) in [5.74, 6) is 0.926. The number of anilines is 2. The van der Waals surface area contributed by atoms with Gasteiger partial charge in [-0.25, -0.2) is 14.5 Å². The number of hydrogen-bond donors (Lipinski definition) is 2. The van der Waals surface area contributed by atoms with E-state index in [-0.39, 0.29) is 0 Å². The molecule has 3 heterocycles. The Morgan fingerprint density at radius 1 is 0.882 bits per heavy atom. The van der Waals surface area contributed by atoms with Crippen LogP contribution in [-0.2, 0) is 0 Å². The van der Waals surface area contributed by atoms with Gasteiger partial charge in [-0.15, -0.1) is 5.10 Å². The third kappa shape index (κ3) is 1.55. The number of rotatable bonds is 1. The molecule has 0 unspecified atom stereocenters. The molecule has 0 spiro atoms. The zero-order valence-corrected chi connectivity index (χ0v) is 8.91. The lowest BCUT2D eigenvalue weighted by Gasteiger charge is -2.01. The summed E-state index contributed by atoms with van der Waals surface area (Å²) in [4.78, 5) is 8.29. The van der Waals surface area contributed by atoms with Crippen LogP contribution in [0.25, 0.3) is 16.9 Å². The topological polar surface area (TPSA) is 95.1 Å². The van der Waals surface area contributed by atoms with Gasteiger partial charge in [0.1, 0.15) is 11.6 Å². The molecule has 6 nitrogen and oxygen atoms in total. The van der Waals surface area contributed by atoms with Gasteiger partial charge >= 0.3 is 0 Å². The summed E-state index contributed by atoms with van der Waals surface area (Å²) in [5, 5.41) is 4.21. The first-order chi connectivity index (χ1) is 8.24. The Morgan fingerprint density at radius 3 is 2.47 bits per heavy atom.